The summed E-state index contributed by atoms with van der Waals surface area (Å²) in [7, 11) is 1.56. The summed E-state index contributed by atoms with van der Waals surface area (Å²) >= 11 is 8.84. The van der Waals surface area contributed by atoms with Crippen LogP contribution in [0.5, 0.6) is 5.88 Å². The molecule has 0 spiro atoms. The van der Waals surface area contributed by atoms with Crippen molar-refractivity contribution >= 4 is 27.5 Å². The normalized spacial score (nSPS) is 9.50. The molecule has 1 heterocycles. The molecule has 1 aromatic heterocycles. The van der Waals surface area contributed by atoms with Crippen LogP contribution in [0.2, 0.25) is 5.02 Å². The molecule has 0 aliphatic rings. The zero-order valence-electron chi connectivity index (χ0n) is 5.27. The van der Waals surface area contributed by atoms with Gasteiger partial charge in [-0.15, -0.1) is 0 Å². The number of pyridine rings is 1. The Bertz CT molecular complexity index is 241. The number of rotatable bonds is 1. The van der Waals surface area contributed by atoms with Gasteiger partial charge in [-0.1, -0.05) is 11.6 Å². The topological polar surface area (TPSA) is 22.1 Å². The van der Waals surface area contributed by atoms with Crippen LogP contribution in [-0.2, 0) is 0 Å². The standard InChI is InChI=1S/C6H5BrClNO/c1-10-5-3-2-4(8)6(7)9-5/h2-3H,1H3. The molecule has 0 aromatic carbocycles. The summed E-state index contributed by atoms with van der Waals surface area (Å²) in [6.45, 7) is 0. The first-order valence-corrected chi connectivity index (χ1v) is 3.77. The number of nitrogens with zero attached hydrogens (tertiary/aromatic N) is 1. The fraction of sp³-hybridized carbons (Fsp3) is 0.167. The fourth-order valence-corrected chi connectivity index (χ4v) is 0.927. The van der Waals surface area contributed by atoms with Crippen LogP contribution in [0.15, 0.2) is 16.7 Å². The summed E-state index contributed by atoms with van der Waals surface area (Å²) in [5.41, 5.74) is 0. The van der Waals surface area contributed by atoms with Crippen molar-refractivity contribution in [3.05, 3.63) is 21.8 Å². The molecule has 4 heteroatoms. The Morgan fingerprint density at radius 1 is 1.60 bits per heavy atom. The lowest BCUT2D eigenvalue weighted by atomic mass is 10.5. The Morgan fingerprint density at radius 3 is 2.80 bits per heavy atom. The predicted molar refractivity (Wildman–Crippen MR) is 43.5 cm³/mol. The van der Waals surface area contributed by atoms with Crippen LogP contribution >= 0.6 is 27.5 Å². The van der Waals surface area contributed by atoms with Crippen LogP contribution in [0.3, 0.4) is 0 Å². The van der Waals surface area contributed by atoms with Crippen LogP contribution in [-0.4, -0.2) is 12.1 Å². The van der Waals surface area contributed by atoms with Gasteiger partial charge in [-0.05, 0) is 22.0 Å². The molecule has 0 aliphatic heterocycles. The molecule has 0 fully saturated rings. The molecule has 0 bridgehead atoms. The van der Waals surface area contributed by atoms with Crippen molar-refractivity contribution in [1.82, 2.24) is 4.98 Å². The monoisotopic (exact) mass is 221 g/mol. The summed E-state index contributed by atoms with van der Waals surface area (Å²) in [6.07, 6.45) is 0. The maximum Gasteiger partial charge on any atom is 0.214 e. The molecule has 1 aromatic rings. The highest BCUT2D eigenvalue weighted by Crippen LogP contribution is 2.22. The number of hydrogen-bond donors (Lipinski definition) is 0. The van der Waals surface area contributed by atoms with E-state index in [2.05, 4.69) is 20.9 Å². The Labute approximate surface area is 72.3 Å². The van der Waals surface area contributed by atoms with Gasteiger partial charge in [0.1, 0.15) is 4.60 Å². The van der Waals surface area contributed by atoms with Crippen molar-refractivity contribution in [2.24, 2.45) is 0 Å². The number of methoxy groups -OCH3 is 1. The molecule has 0 saturated heterocycles. The van der Waals surface area contributed by atoms with E-state index in [0.717, 1.165) is 0 Å². The van der Waals surface area contributed by atoms with Crippen molar-refractivity contribution in [3.63, 3.8) is 0 Å². The van der Waals surface area contributed by atoms with Gasteiger partial charge in [-0.3, -0.25) is 0 Å². The summed E-state index contributed by atoms with van der Waals surface area (Å²) in [6, 6.07) is 3.42. The number of halogens is 2. The van der Waals surface area contributed by atoms with Gasteiger partial charge in [0.2, 0.25) is 5.88 Å². The Balaban J connectivity index is 3.04. The van der Waals surface area contributed by atoms with Crippen molar-refractivity contribution in [2.45, 2.75) is 0 Å². The molecule has 0 amide bonds. The average molecular weight is 222 g/mol. The summed E-state index contributed by atoms with van der Waals surface area (Å²) in [4.78, 5) is 3.95. The van der Waals surface area contributed by atoms with E-state index >= 15 is 0 Å². The van der Waals surface area contributed by atoms with E-state index in [9.17, 15) is 0 Å². The van der Waals surface area contributed by atoms with Crippen molar-refractivity contribution in [2.75, 3.05) is 7.11 Å². The molecule has 0 atom stereocenters. The highest BCUT2D eigenvalue weighted by atomic mass is 79.9. The largest absolute Gasteiger partial charge is 0.481 e. The van der Waals surface area contributed by atoms with E-state index in [-0.39, 0.29) is 0 Å². The zero-order valence-corrected chi connectivity index (χ0v) is 7.61. The molecule has 0 radical (unpaired) electrons. The second kappa shape index (κ2) is 3.21. The quantitative estimate of drug-likeness (QED) is 0.681. The second-order valence-corrected chi connectivity index (χ2v) is 2.78. The summed E-state index contributed by atoms with van der Waals surface area (Å²) < 4.78 is 5.46. The Kier molecular flexibility index (Phi) is 2.51. The number of ether oxygens (including phenoxy) is 1. The van der Waals surface area contributed by atoms with Crippen molar-refractivity contribution in [3.8, 4) is 5.88 Å². The van der Waals surface area contributed by atoms with Gasteiger partial charge in [0.05, 0.1) is 12.1 Å². The van der Waals surface area contributed by atoms with E-state index < -0.39 is 0 Å². The predicted octanol–water partition coefficient (Wildman–Crippen LogP) is 2.51. The first-order chi connectivity index (χ1) is 4.74. The van der Waals surface area contributed by atoms with E-state index in [1.54, 1.807) is 19.2 Å². The minimum atomic E-state index is 0.552. The van der Waals surface area contributed by atoms with Gasteiger partial charge in [0.25, 0.3) is 0 Å². The second-order valence-electron chi connectivity index (χ2n) is 1.63. The van der Waals surface area contributed by atoms with E-state index in [0.29, 0.717) is 15.5 Å². The van der Waals surface area contributed by atoms with Gasteiger partial charge in [0.15, 0.2) is 0 Å². The van der Waals surface area contributed by atoms with Crippen LogP contribution in [0.1, 0.15) is 0 Å². The smallest absolute Gasteiger partial charge is 0.214 e. The Hall–Kier alpha value is -0.280. The minimum absolute atomic E-state index is 0.552. The highest BCUT2D eigenvalue weighted by Gasteiger charge is 1.98. The van der Waals surface area contributed by atoms with Crippen LogP contribution in [0.25, 0.3) is 0 Å². The lowest BCUT2D eigenvalue weighted by Crippen LogP contribution is -1.86. The highest BCUT2D eigenvalue weighted by molar-refractivity contribution is 9.10. The summed E-state index contributed by atoms with van der Waals surface area (Å²) in [5, 5.41) is 0.584. The van der Waals surface area contributed by atoms with Crippen LogP contribution in [0, 0.1) is 0 Å². The SMILES string of the molecule is COc1ccc(Cl)c(Br)n1. The summed E-state index contributed by atoms with van der Waals surface area (Å²) in [5.74, 6) is 0.552. The third kappa shape index (κ3) is 1.61. The maximum atomic E-state index is 5.67. The van der Waals surface area contributed by atoms with E-state index in [1.807, 2.05) is 0 Å². The molecule has 10 heavy (non-hydrogen) atoms. The minimum Gasteiger partial charge on any atom is -0.481 e. The lowest BCUT2D eigenvalue weighted by molar-refractivity contribution is 0.397. The molecule has 1 rings (SSSR count). The lowest BCUT2D eigenvalue weighted by Gasteiger charge is -1.98. The van der Waals surface area contributed by atoms with Gasteiger partial charge in [-0.2, -0.15) is 0 Å². The maximum absolute atomic E-state index is 5.67. The zero-order chi connectivity index (χ0) is 7.56. The molecule has 0 unspecified atom stereocenters. The van der Waals surface area contributed by atoms with Gasteiger partial charge < -0.3 is 4.74 Å². The van der Waals surface area contributed by atoms with Crippen LogP contribution in [0.4, 0.5) is 0 Å². The van der Waals surface area contributed by atoms with Gasteiger partial charge >= 0.3 is 0 Å². The molecule has 0 saturated carbocycles. The number of hydrogen-bond acceptors (Lipinski definition) is 2. The Morgan fingerprint density at radius 2 is 2.30 bits per heavy atom. The number of aromatic nitrogens is 1. The fourth-order valence-electron chi connectivity index (χ4n) is 0.514. The first kappa shape index (κ1) is 7.82. The average Bonchev–Trinajstić information content (AvgIpc) is 1.95. The van der Waals surface area contributed by atoms with Gasteiger partial charge in [0, 0.05) is 6.07 Å². The van der Waals surface area contributed by atoms with E-state index in [4.69, 9.17) is 16.3 Å². The van der Waals surface area contributed by atoms with Crippen LogP contribution < -0.4 is 4.74 Å². The third-order valence-corrected chi connectivity index (χ3v) is 2.12. The third-order valence-electron chi connectivity index (χ3n) is 0.987. The van der Waals surface area contributed by atoms with Gasteiger partial charge in [-0.25, -0.2) is 4.98 Å². The molecular weight excluding hydrogens is 217 g/mol. The molecule has 2 nitrogen and oxygen atoms in total. The van der Waals surface area contributed by atoms with Crippen molar-refractivity contribution in [1.29, 1.82) is 0 Å². The van der Waals surface area contributed by atoms with E-state index in [1.165, 1.54) is 0 Å². The molecule has 54 valence electrons. The first-order valence-electron chi connectivity index (χ1n) is 2.60. The van der Waals surface area contributed by atoms with Crippen molar-refractivity contribution < 1.29 is 4.74 Å². The molecule has 0 aliphatic carbocycles. The molecule has 0 N–H and O–H groups in total. The molecular formula is C6H5BrClNO.